The highest BCUT2D eigenvalue weighted by atomic mass is 16.5. The van der Waals surface area contributed by atoms with Gasteiger partial charge in [-0.05, 0) is 5.92 Å². The summed E-state index contributed by atoms with van der Waals surface area (Å²) in [5, 5.41) is 12.5. The highest BCUT2D eigenvalue weighted by Gasteiger charge is 2.38. The van der Waals surface area contributed by atoms with Gasteiger partial charge in [-0.2, -0.15) is 4.98 Å². The van der Waals surface area contributed by atoms with Crippen molar-refractivity contribution in [1.82, 2.24) is 15.0 Å². The van der Waals surface area contributed by atoms with E-state index in [0.29, 0.717) is 12.4 Å². The van der Waals surface area contributed by atoms with Crippen LogP contribution in [0.5, 0.6) is 0 Å². The quantitative estimate of drug-likeness (QED) is 0.790. The Balaban J connectivity index is 2.10. The largest absolute Gasteiger partial charge is 0.481 e. The Bertz CT molecular complexity index is 456. The normalized spacial score (nSPS) is 24.0. The molecule has 2 rings (SSSR count). The first-order valence-corrected chi connectivity index (χ1v) is 5.31. The van der Waals surface area contributed by atoms with Crippen molar-refractivity contribution in [2.45, 2.75) is 13.8 Å². The number of hydrogen-bond donors (Lipinski definition) is 1. The van der Waals surface area contributed by atoms with Gasteiger partial charge in [-0.25, -0.2) is 0 Å². The Morgan fingerprint density at radius 2 is 2.18 bits per heavy atom. The first-order valence-electron chi connectivity index (χ1n) is 5.31. The lowest BCUT2D eigenvalue weighted by Gasteiger charge is -2.12. The van der Waals surface area contributed by atoms with Crippen LogP contribution < -0.4 is 0 Å². The van der Waals surface area contributed by atoms with Gasteiger partial charge in [-0.3, -0.25) is 9.59 Å². The number of carboxylic acid groups (broad SMARTS) is 1. The fourth-order valence-electron chi connectivity index (χ4n) is 1.98. The number of aromatic nitrogens is 2. The number of carboxylic acids is 1. The van der Waals surface area contributed by atoms with Crippen LogP contribution in [-0.4, -0.2) is 45.1 Å². The van der Waals surface area contributed by atoms with E-state index in [1.165, 1.54) is 4.90 Å². The Morgan fingerprint density at radius 1 is 1.47 bits per heavy atom. The molecule has 1 N–H and O–H groups in total. The molecule has 0 saturated carbocycles. The molecule has 7 heteroatoms. The van der Waals surface area contributed by atoms with Crippen molar-refractivity contribution in [2.75, 3.05) is 13.1 Å². The zero-order chi connectivity index (χ0) is 12.6. The average molecular weight is 239 g/mol. The molecule has 0 aliphatic carbocycles. The number of nitrogens with zero attached hydrogens (tertiary/aromatic N) is 3. The van der Waals surface area contributed by atoms with Crippen molar-refractivity contribution in [3.8, 4) is 0 Å². The molecule has 1 aromatic heterocycles. The molecule has 1 amide bonds. The van der Waals surface area contributed by atoms with E-state index < -0.39 is 11.9 Å². The van der Waals surface area contributed by atoms with Crippen LogP contribution in [0.4, 0.5) is 0 Å². The van der Waals surface area contributed by atoms with Crippen LogP contribution >= 0.6 is 0 Å². The second-order valence-corrected chi connectivity index (χ2v) is 4.27. The lowest BCUT2D eigenvalue weighted by molar-refractivity contribution is -0.142. The van der Waals surface area contributed by atoms with Crippen LogP contribution in [0.1, 0.15) is 23.4 Å². The highest BCUT2D eigenvalue weighted by Crippen LogP contribution is 2.24. The minimum atomic E-state index is -0.878. The van der Waals surface area contributed by atoms with E-state index in [1.807, 2.05) is 6.92 Å². The fraction of sp³-hybridized carbons (Fsp3) is 0.600. The molecule has 1 aliphatic heterocycles. The van der Waals surface area contributed by atoms with Gasteiger partial charge >= 0.3 is 5.97 Å². The third kappa shape index (κ3) is 2.13. The van der Waals surface area contributed by atoms with Crippen LogP contribution in [0.2, 0.25) is 0 Å². The summed E-state index contributed by atoms with van der Waals surface area (Å²) in [6.07, 6.45) is 0. The lowest BCUT2D eigenvalue weighted by atomic mass is 9.99. The molecule has 1 fully saturated rings. The number of carbonyl (C=O) groups is 2. The van der Waals surface area contributed by atoms with Gasteiger partial charge in [0.2, 0.25) is 5.89 Å². The van der Waals surface area contributed by atoms with E-state index in [0.717, 1.165) is 0 Å². The van der Waals surface area contributed by atoms with E-state index >= 15 is 0 Å². The second kappa shape index (κ2) is 4.15. The molecule has 92 valence electrons. The summed E-state index contributed by atoms with van der Waals surface area (Å²) < 4.78 is 4.72. The zero-order valence-corrected chi connectivity index (χ0v) is 9.58. The maximum atomic E-state index is 11.9. The number of likely N-dealkylation sites (tertiary alicyclic amines) is 1. The summed E-state index contributed by atoms with van der Waals surface area (Å²) in [4.78, 5) is 28.1. The molecule has 1 saturated heterocycles. The summed E-state index contributed by atoms with van der Waals surface area (Å²) in [6.45, 7) is 4.01. The molecular formula is C10H13N3O4. The highest BCUT2D eigenvalue weighted by molar-refractivity contribution is 5.91. The topological polar surface area (TPSA) is 96.5 Å². The molecule has 1 aromatic rings. The smallest absolute Gasteiger partial charge is 0.308 e. The summed E-state index contributed by atoms with van der Waals surface area (Å²) in [7, 11) is 0. The van der Waals surface area contributed by atoms with E-state index in [-0.39, 0.29) is 24.2 Å². The molecule has 17 heavy (non-hydrogen) atoms. The van der Waals surface area contributed by atoms with Gasteiger partial charge in [0.15, 0.2) is 0 Å². The molecule has 2 heterocycles. The van der Waals surface area contributed by atoms with Crippen LogP contribution in [0.3, 0.4) is 0 Å². The molecule has 0 radical (unpaired) electrons. The van der Waals surface area contributed by atoms with Crippen LogP contribution in [0.15, 0.2) is 4.52 Å². The number of aryl methyl sites for hydroxylation is 1. The first-order chi connectivity index (χ1) is 7.99. The van der Waals surface area contributed by atoms with Gasteiger partial charge in [0.1, 0.15) is 0 Å². The number of amides is 1. The first kappa shape index (κ1) is 11.6. The molecule has 1 aliphatic rings. The maximum Gasteiger partial charge on any atom is 0.308 e. The van der Waals surface area contributed by atoms with Crippen molar-refractivity contribution in [3.63, 3.8) is 0 Å². The Hall–Kier alpha value is -1.92. The van der Waals surface area contributed by atoms with Crippen LogP contribution in [0.25, 0.3) is 0 Å². The van der Waals surface area contributed by atoms with E-state index in [4.69, 9.17) is 9.63 Å². The van der Waals surface area contributed by atoms with Crippen molar-refractivity contribution < 1.29 is 19.2 Å². The number of rotatable bonds is 2. The van der Waals surface area contributed by atoms with Crippen LogP contribution in [0, 0.1) is 18.8 Å². The monoisotopic (exact) mass is 239 g/mol. The van der Waals surface area contributed by atoms with Gasteiger partial charge in [0.05, 0.1) is 5.92 Å². The maximum absolute atomic E-state index is 11.9. The predicted octanol–water partition coefficient (Wildman–Crippen LogP) is 0.171. The Morgan fingerprint density at radius 3 is 2.65 bits per heavy atom. The minimum absolute atomic E-state index is 0.0132. The van der Waals surface area contributed by atoms with Crippen molar-refractivity contribution in [2.24, 2.45) is 11.8 Å². The SMILES string of the molecule is Cc1nc(C(=O)N2C[C@@H](C)[C@H](C(=O)O)C2)no1. The van der Waals surface area contributed by atoms with E-state index in [2.05, 4.69) is 10.1 Å². The average Bonchev–Trinajstić information content (AvgIpc) is 2.83. The molecule has 2 atom stereocenters. The van der Waals surface area contributed by atoms with Gasteiger partial charge in [0, 0.05) is 20.0 Å². The van der Waals surface area contributed by atoms with E-state index in [1.54, 1.807) is 6.92 Å². The van der Waals surface area contributed by atoms with Gasteiger partial charge in [-0.1, -0.05) is 12.1 Å². The van der Waals surface area contributed by atoms with Gasteiger partial charge in [0.25, 0.3) is 11.7 Å². The molecule has 0 spiro atoms. The number of aliphatic carboxylic acids is 1. The summed E-state index contributed by atoms with van der Waals surface area (Å²) in [5.74, 6) is -1.54. The van der Waals surface area contributed by atoms with Crippen molar-refractivity contribution in [3.05, 3.63) is 11.7 Å². The van der Waals surface area contributed by atoms with Crippen LogP contribution in [-0.2, 0) is 4.79 Å². The lowest BCUT2D eigenvalue weighted by Crippen LogP contribution is -2.30. The standard InChI is InChI=1S/C10H13N3O4/c1-5-3-13(4-7(5)10(15)16)9(14)8-11-6(2)17-12-8/h5,7H,3-4H2,1-2H3,(H,15,16)/t5-,7-/m1/s1. The Kier molecular flexibility index (Phi) is 2.83. The third-order valence-electron chi connectivity index (χ3n) is 2.94. The van der Waals surface area contributed by atoms with E-state index in [9.17, 15) is 9.59 Å². The molecular weight excluding hydrogens is 226 g/mol. The summed E-state index contributed by atoms with van der Waals surface area (Å²) in [6, 6.07) is 0. The summed E-state index contributed by atoms with van der Waals surface area (Å²) >= 11 is 0. The van der Waals surface area contributed by atoms with Crippen molar-refractivity contribution in [1.29, 1.82) is 0 Å². The minimum Gasteiger partial charge on any atom is -0.481 e. The molecule has 0 unspecified atom stereocenters. The number of hydrogen-bond acceptors (Lipinski definition) is 5. The molecule has 0 aromatic carbocycles. The molecule has 7 nitrogen and oxygen atoms in total. The third-order valence-corrected chi connectivity index (χ3v) is 2.94. The van der Waals surface area contributed by atoms with Crippen molar-refractivity contribution >= 4 is 11.9 Å². The van der Waals surface area contributed by atoms with Gasteiger partial charge in [-0.15, -0.1) is 0 Å². The molecule has 0 bridgehead atoms. The van der Waals surface area contributed by atoms with Gasteiger partial charge < -0.3 is 14.5 Å². The second-order valence-electron chi connectivity index (χ2n) is 4.27. The zero-order valence-electron chi connectivity index (χ0n) is 9.58. The number of carbonyl (C=O) groups excluding carboxylic acids is 1. The fourth-order valence-corrected chi connectivity index (χ4v) is 1.98. The predicted molar refractivity (Wildman–Crippen MR) is 55.2 cm³/mol. The summed E-state index contributed by atoms with van der Waals surface area (Å²) in [5.41, 5.74) is 0. The Labute approximate surface area is 97.4 Å².